The Labute approximate surface area is 301 Å². The van der Waals surface area contributed by atoms with Crippen molar-refractivity contribution in [2.45, 2.75) is 103 Å². The second-order valence-corrected chi connectivity index (χ2v) is 14.5. The Kier molecular flexibility index (Phi) is 12.6. The van der Waals surface area contributed by atoms with E-state index in [-0.39, 0.29) is 13.0 Å². The molecule has 4 aromatic rings. The molecule has 2 unspecified atom stereocenters. The van der Waals surface area contributed by atoms with Crippen LogP contribution < -0.4 is 10.6 Å². The fourth-order valence-corrected chi connectivity index (χ4v) is 6.38. The van der Waals surface area contributed by atoms with Gasteiger partial charge in [0.15, 0.2) is 5.82 Å². The molecule has 9 heteroatoms. The summed E-state index contributed by atoms with van der Waals surface area (Å²) in [6.07, 6.45) is 9.57. The second-order valence-electron chi connectivity index (χ2n) is 14.5. The van der Waals surface area contributed by atoms with E-state index in [4.69, 9.17) is 9.47 Å². The number of aromatic nitrogens is 2. The highest BCUT2D eigenvalue weighted by Gasteiger charge is 2.28. The molecule has 0 spiro atoms. The summed E-state index contributed by atoms with van der Waals surface area (Å²) < 4.78 is 10.8. The van der Waals surface area contributed by atoms with Gasteiger partial charge in [-0.1, -0.05) is 92.2 Å². The lowest BCUT2D eigenvalue weighted by atomic mass is 9.78. The average Bonchev–Trinajstić information content (AvgIpc) is 3.14. The van der Waals surface area contributed by atoms with Crippen LogP contribution in [0.15, 0.2) is 91.3 Å². The molecule has 1 aliphatic rings. The minimum Gasteiger partial charge on any atom is -0.458 e. The van der Waals surface area contributed by atoms with Crippen LogP contribution in [-0.2, 0) is 32.1 Å². The van der Waals surface area contributed by atoms with Crippen molar-refractivity contribution in [3.8, 4) is 22.5 Å². The molecule has 9 nitrogen and oxygen atoms in total. The van der Waals surface area contributed by atoms with Crippen LogP contribution in [0.5, 0.6) is 0 Å². The first-order chi connectivity index (χ1) is 24.5. The molecule has 0 saturated heterocycles. The summed E-state index contributed by atoms with van der Waals surface area (Å²) in [6.45, 7) is 9.16. The number of carbonyl (C=O) groups excluding carboxylic acids is 3. The molecule has 1 aliphatic carbocycles. The third-order valence-electron chi connectivity index (χ3n) is 9.38. The van der Waals surface area contributed by atoms with E-state index in [2.05, 4.69) is 51.8 Å². The van der Waals surface area contributed by atoms with E-state index < -0.39 is 35.7 Å². The maximum absolute atomic E-state index is 13.4. The molecule has 3 aromatic carbocycles. The van der Waals surface area contributed by atoms with E-state index in [1.54, 1.807) is 27.7 Å². The number of carbonyl (C=O) groups is 3. The quantitative estimate of drug-likeness (QED) is 0.144. The van der Waals surface area contributed by atoms with Crippen molar-refractivity contribution in [2.75, 3.05) is 0 Å². The summed E-state index contributed by atoms with van der Waals surface area (Å²) in [5.74, 6) is 1.01. The molecule has 51 heavy (non-hydrogen) atoms. The standard InChI is InChI=1S/C42H50N4O5/c1-6-29-12-16-32(17-13-29)33-20-22-34(23-21-33)36-25-43-38(44-26-36)35-18-14-30(15-19-35)24-37(39(47)45-28(2)40(48)51-42(3,4)5)46-41(49)50-27-31-10-8-7-9-11-31/h7-11,14-15,18-23,25-26,28-29,32,37H,6,12-13,16-17,24,27H2,1-5H3,(H,45,47)(H,46,49). The maximum atomic E-state index is 13.4. The SMILES string of the molecule is CCC1CCC(c2ccc(-c3cnc(-c4ccc(CC(NC(=O)OCc5ccccc5)C(=O)NC(C)C(=O)OC(C)(C)C)cc4)nc3)cc2)CC1. The first kappa shape index (κ1) is 37.2. The molecule has 268 valence electrons. The predicted molar refractivity (Wildman–Crippen MR) is 199 cm³/mol. The highest BCUT2D eigenvalue weighted by molar-refractivity contribution is 5.89. The van der Waals surface area contributed by atoms with Crippen LogP contribution in [0.1, 0.15) is 89.3 Å². The molecular weight excluding hydrogens is 640 g/mol. The molecule has 1 saturated carbocycles. The number of nitrogens with one attached hydrogen (secondary N) is 2. The average molecular weight is 691 g/mol. The molecule has 1 heterocycles. The fraction of sp³-hybridized carbons (Fsp3) is 0.405. The predicted octanol–water partition coefficient (Wildman–Crippen LogP) is 8.18. The van der Waals surface area contributed by atoms with Crippen LogP contribution in [0, 0.1) is 5.92 Å². The summed E-state index contributed by atoms with van der Waals surface area (Å²) >= 11 is 0. The van der Waals surface area contributed by atoms with E-state index in [1.165, 1.54) is 37.7 Å². The third kappa shape index (κ3) is 11.0. The van der Waals surface area contributed by atoms with E-state index in [0.29, 0.717) is 11.7 Å². The van der Waals surface area contributed by atoms with Gasteiger partial charge in [0.1, 0.15) is 24.3 Å². The number of benzene rings is 3. The van der Waals surface area contributed by atoms with E-state index >= 15 is 0 Å². The molecule has 0 bridgehead atoms. The molecule has 0 radical (unpaired) electrons. The van der Waals surface area contributed by atoms with Crippen LogP contribution in [0.25, 0.3) is 22.5 Å². The van der Waals surface area contributed by atoms with Gasteiger partial charge < -0.3 is 20.1 Å². The fourth-order valence-electron chi connectivity index (χ4n) is 6.38. The van der Waals surface area contributed by atoms with Gasteiger partial charge >= 0.3 is 12.1 Å². The number of hydrogen-bond donors (Lipinski definition) is 2. The van der Waals surface area contributed by atoms with Crippen LogP contribution in [-0.4, -0.2) is 45.6 Å². The lowest BCUT2D eigenvalue weighted by Crippen LogP contribution is -2.52. The third-order valence-corrected chi connectivity index (χ3v) is 9.38. The first-order valence-corrected chi connectivity index (χ1v) is 18.0. The Morgan fingerprint density at radius 3 is 2.02 bits per heavy atom. The van der Waals surface area contributed by atoms with Gasteiger partial charge in [-0.15, -0.1) is 0 Å². The Morgan fingerprint density at radius 1 is 0.784 bits per heavy atom. The summed E-state index contributed by atoms with van der Waals surface area (Å²) in [5, 5.41) is 5.35. The lowest BCUT2D eigenvalue weighted by molar-refractivity contribution is -0.158. The van der Waals surface area contributed by atoms with Gasteiger partial charge in [0.2, 0.25) is 5.91 Å². The molecule has 1 fully saturated rings. The molecule has 0 aliphatic heterocycles. The second kappa shape index (κ2) is 17.2. The molecule has 1 aromatic heterocycles. The van der Waals surface area contributed by atoms with Crippen LogP contribution in [0.2, 0.25) is 0 Å². The van der Waals surface area contributed by atoms with Gasteiger partial charge in [0.25, 0.3) is 0 Å². The number of ether oxygens (including phenoxy) is 2. The number of nitrogens with zero attached hydrogens (tertiary/aromatic N) is 2. The minimum absolute atomic E-state index is 0.0497. The zero-order chi connectivity index (χ0) is 36.4. The van der Waals surface area contributed by atoms with Gasteiger partial charge in [-0.05, 0) is 87.5 Å². The summed E-state index contributed by atoms with van der Waals surface area (Å²) in [4.78, 5) is 48.0. The summed E-state index contributed by atoms with van der Waals surface area (Å²) in [6, 6.07) is 23.7. The zero-order valence-corrected chi connectivity index (χ0v) is 30.4. The van der Waals surface area contributed by atoms with Gasteiger partial charge in [-0.25, -0.2) is 19.6 Å². The number of alkyl carbamates (subject to hydrolysis) is 1. The summed E-state index contributed by atoms with van der Waals surface area (Å²) in [7, 11) is 0. The largest absolute Gasteiger partial charge is 0.458 e. The normalized spacial score (nSPS) is 17.1. The van der Waals surface area contributed by atoms with Gasteiger partial charge in [-0.3, -0.25) is 4.79 Å². The maximum Gasteiger partial charge on any atom is 0.408 e. The molecule has 2 atom stereocenters. The van der Waals surface area contributed by atoms with Crippen molar-refractivity contribution >= 4 is 18.0 Å². The number of hydrogen-bond acceptors (Lipinski definition) is 7. The first-order valence-electron chi connectivity index (χ1n) is 18.0. The highest BCUT2D eigenvalue weighted by Crippen LogP contribution is 2.37. The van der Waals surface area contributed by atoms with Gasteiger partial charge in [-0.2, -0.15) is 0 Å². The van der Waals surface area contributed by atoms with Crippen molar-refractivity contribution in [1.82, 2.24) is 20.6 Å². The Balaban J connectivity index is 1.22. The molecular formula is C42H50N4O5. The van der Waals surface area contributed by atoms with Crippen LogP contribution in [0.3, 0.4) is 0 Å². The Bertz CT molecular complexity index is 1730. The summed E-state index contributed by atoms with van der Waals surface area (Å²) in [5.41, 5.74) is 5.17. The highest BCUT2D eigenvalue weighted by atomic mass is 16.6. The molecule has 2 amide bonds. The zero-order valence-electron chi connectivity index (χ0n) is 30.4. The van der Waals surface area contributed by atoms with Crippen LogP contribution >= 0.6 is 0 Å². The van der Waals surface area contributed by atoms with Crippen molar-refractivity contribution in [3.05, 3.63) is 108 Å². The smallest absolute Gasteiger partial charge is 0.408 e. The van der Waals surface area contributed by atoms with Gasteiger partial charge in [0.05, 0.1) is 0 Å². The number of rotatable bonds is 12. The topological polar surface area (TPSA) is 120 Å². The monoisotopic (exact) mass is 690 g/mol. The molecule has 5 rings (SSSR count). The van der Waals surface area contributed by atoms with Crippen molar-refractivity contribution in [2.24, 2.45) is 5.92 Å². The van der Waals surface area contributed by atoms with E-state index in [9.17, 15) is 14.4 Å². The van der Waals surface area contributed by atoms with Crippen molar-refractivity contribution in [3.63, 3.8) is 0 Å². The van der Waals surface area contributed by atoms with Gasteiger partial charge in [0, 0.05) is 29.9 Å². The molecule has 2 N–H and O–H groups in total. The number of esters is 1. The van der Waals surface area contributed by atoms with Crippen LogP contribution in [0.4, 0.5) is 4.79 Å². The van der Waals surface area contributed by atoms with E-state index in [1.807, 2.05) is 67.0 Å². The Morgan fingerprint density at radius 2 is 1.41 bits per heavy atom. The lowest BCUT2D eigenvalue weighted by Gasteiger charge is -2.28. The van der Waals surface area contributed by atoms with Crippen molar-refractivity contribution in [1.29, 1.82) is 0 Å². The minimum atomic E-state index is -1.02. The number of amides is 2. The Hall–Kier alpha value is -5.05. The van der Waals surface area contributed by atoms with Crippen molar-refractivity contribution < 1.29 is 23.9 Å². The van der Waals surface area contributed by atoms with E-state index in [0.717, 1.165) is 33.7 Å².